The summed E-state index contributed by atoms with van der Waals surface area (Å²) in [6.45, 7) is 4.33. The number of aliphatic hydroxyl groups is 1. The fourth-order valence-corrected chi connectivity index (χ4v) is 1.28. The van der Waals surface area contributed by atoms with Crippen molar-refractivity contribution < 1.29 is 5.11 Å². The van der Waals surface area contributed by atoms with Gasteiger partial charge in [0.05, 0.1) is 6.10 Å². The molecule has 0 heterocycles. The molecular weight excluding hydrogens is 136 g/mol. The van der Waals surface area contributed by atoms with Crippen molar-refractivity contribution in [2.24, 2.45) is 0 Å². The Kier molecular flexibility index (Phi) is 8.03. The topological polar surface area (TPSA) is 20.2 Å². The summed E-state index contributed by atoms with van der Waals surface area (Å²) in [5.41, 5.74) is 0. The summed E-state index contributed by atoms with van der Waals surface area (Å²) in [7, 11) is 0. The molecule has 0 radical (unpaired) electrons. The Balaban J connectivity index is 2.97. The third-order valence-electron chi connectivity index (χ3n) is 2.01. The van der Waals surface area contributed by atoms with Gasteiger partial charge >= 0.3 is 0 Å². The molecule has 0 fully saturated rings. The average Bonchev–Trinajstić information content (AvgIpc) is 1.99. The second-order valence-electron chi connectivity index (χ2n) is 3.29. The number of unbranched alkanes of at least 4 members (excludes halogenated alkanes) is 3. The highest BCUT2D eigenvalue weighted by Gasteiger charge is 2.00. The van der Waals surface area contributed by atoms with Gasteiger partial charge in [-0.3, -0.25) is 0 Å². The summed E-state index contributed by atoms with van der Waals surface area (Å²) in [5.74, 6) is 0. The highest BCUT2D eigenvalue weighted by Crippen LogP contribution is 2.08. The SMILES string of the molecule is CCCCCC[C@H](O)CCC. The first-order valence-corrected chi connectivity index (χ1v) is 4.99. The van der Waals surface area contributed by atoms with Crippen molar-refractivity contribution in [3.05, 3.63) is 0 Å². The molecular formula is C10H22O. The van der Waals surface area contributed by atoms with Crippen molar-refractivity contribution in [2.75, 3.05) is 0 Å². The van der Waals surface area contributed by atoms with Gasteiger partial charge in [-0.05, 0) is 12.8 Å². The zero-order valence-corrected chi connectivity index (χ0v) is 7.97. The molecule has 0 aliphatic rings. The van der Waals surface area contributed by atoms with Crippen molar-refractivity contribution in [3.8, 4) is 0 Å². The van der Waals surface area contributed by atoms with Gasteiger partial charge in [0.2, 0.25) is 0 Å². The summed E-state index contributed by atoms with van der Waals surface area (Å²) < 4.78 is 0. The first kappa shape index (κ1) is 11.0. The summed E-state index contributed by atoms with van der Waals surface area (Å²) in [6, 6.07) is 0. The van der Waals surface area contributed by atoms with Gasteiger partial charge in [0.25, 0.3) is 0 Å². The third kappa shape index (κ3) is 7.86. The summed E-state index contributed by atoms with van der Waals surface area (Å²) in [5, 5.41) is 9.35. The lowest BCUT2D eigenvalue weighted by Crippen LogP contribution is -2.04. The van der Waals surface area contributed by atoms with Crippen LogP contribution in [0.5, 0.6) is 0 Å². The zero-order chi connectivity index (χ0) is 8.53. The molecule has 1 N–H and O–H groups in total. The Morgan fingerprint density at radius 2 is 1.64 bits per heavy atom. The van der Waals surface area contributed by atoms with Crippen LogP contribution < -0.4 is 0 Å². The van der Waals surface area contributed by atoms with Gasteiger partial charge in [-0.2, -0.15) is 0 Å². The van der Waals surface area contributed by atoms with Crippen LogP contribution in [0.3, 0.4) is 0 Å². The quantitative estimate of drug-likeness (QED) is 0.564. The third-order valence-corrected chi connectivity index (χ3v) is 2.01. The first-order valence-electron chi connectivity index (χ1n) is 4.99. The minimum Gasteiger partial charge on any atom is -0.393 e. The predicted molar refractivity (Wildman–Crippen MR) is 49.7 cm³/mol. The van der Waals surface area contributed by atoms with Crippen LogP contribution in [-0.4, -0.2) is 11.2 Å². The minimum absolute atomic E-state index is 0.0307. The molecule has 11 heavy (non-hydrogen) atoms. The molecule has 0 unspecified atom stereocenters. The number of hydrogen-bond acceptors (Lipinski definition) is 1. The van der Waals surface area contributed by atoms with E-state index >= 15 is 0 Å². The van der Waals surface area contributed by atoms with Crippen LogP contribution in [0.2, 0.25) is 0 Å². The largest absolute Gasteiger partial charge is 0.393 e. The summed E-state index contributed by atoms with van der Waals surface area (Å²) in [6.07, 6.45) is 8.15. The molecule has 1 heteroatoms. The van der Waals surface area contributed by atoms with E-state index in [0.717, 1.165) is 19.3 Å². The summed E-state index contributed by atoms with van der Waals surface area (Å²) in [4.78, 5) is 0. The van der Waals surface area contributed by atoms with Crippen molar-refractivity contribution in [3.63, 3.8) is 0 Å². The maximum atomic E-state index is 9.35. The Bertz CT molecular complexity index is 71.3. The second kappa shape index (κ2) is 8.06. The average molecular weight is 158 g/mol. The lowest BCUT2D eigenvalue weighted by molar-refractivity contribution is 0.150. The molecule has 0 aromatic heterocycles. The molecule has 68 valence electrons. The van der Waals surface area contributed by atoms with Crippen LogP contribution in [0.15, 0.2) is 0 Å². The molecule has 0 saturated heterocycles. The molecule has 0 saturated carbocycles. The number of aliphatic hydroxyl groups excluding tert-OH is 1. The zero-order valence-electron chi connectivity index (χ0n) is 7.97. The molecule has 0 aliphatic carbocycles. The molecule has 0 rings (SSSR count). The molecule has 0 aliphatic heterocycles. The van der Waals surface area contributed by atoms with E-state index in [9.17, 15) is 5.11 Å². The van der Waals surface area contributed by atoms with Crippen molar-refractivity contribution >= 4 is 0 Å². The number of rotatable bonds is 7. The smallest absolute Gasteiger partial charge is 0.0540 e. The van der Waals surface area contributed by atoms with Crippen LogP contribution in [-0.2, 0) is 0 Å². The Hall–Kier alpha value is -0.0400. The fraction of sp³-hybridized carbons (Fsp3) is 1.00. The molecule has 0 aromatic carbocycles. The highest BCUT2D eigenvalue weighted by atomic mass is 16.3. The Morgan fingerprint density at radius 1 is 0.909 bits per heavy atom. The van der Waals surface area contributed by atoms with Gasteiger partial charge in [0, 0.05) is 0 Å². The van der Waals surface area contributed by atoms with Gasteiger partial charge in [-0.1, -0.05) is 46.0 Å². The highest BCUT2D eigenvalue weighted by molar-refractivity contribution is 4.54. The first-order chi connectivity index (χ1) is 5.31. The van der Waals surface area contributed by atoms with E-state index in [4.69, 9.17) is 0 Å². The predicted octanol–water partition coefficient (Wildman–Crippen LogP) is 3.12. The van der Waals surface area contributed by atoms with E-state index in [0.29, 0.717) is 0 Å². The van der Waals surface area contributed by atoms with Gasteiger partial charge < -0.3 is 5.11 Å². The Morgan fingerprint density at radius 3 is 2.18 bits per heavy atom. The lowest BCUT2D eigenvalue weighted by atomic mass is 10.1. The normalized spacial score (nSPS) is 13.4. The van der Waals surface area contributed by atoms with Crippen LogP contribution in [0.4, 0.5) is 0 Å². The van der Waals surface area contributed by atoms with E-state index < -0.39 is 0 Å². The lowest BCUT2D eigenvalue weighted by Gasteiger charge is -2.07. The van der Waals surface area contributed by atoms with Gasteiger partial charge in [0.15, 0.2) is 0 Å². The van der Waals surface area contributed by atoms with Crippen molar-refractivity contribution in [1.29, 1.82) is 0 Å². The second-order valence-corrected chi connectivity index (χ2v) is 3.29. The standard InChI is InChI=1S/C10H22O/c1-3-5-6-7-9-10(11)8-4-2/h10-11H,3-9H2,1-2H3/t10-/m1/s1. The fourth-order valence-electron chi connectivity index (χ4n) is 1.28. The van der Waals surface area contributed by atoms with Crippen molar-refractivity contribution in [1.82, 2.24) is 0 Å². The van der Waals surface area contributed by atoms with Crippen LogP contribution >= 0.6 is 0 Å². The maximum absolute atomic E-state index is 9.35. The van der Waals surface area contributed by atoms with E-state index in [1.54, 1.807) is 0 Å². The van der Waals surface area contributed by atoms with Gasteiger partial charge in [-0.25, -0.2) is 0 Å². The van der Waals surface area contributed by atoms with E-state index in [2.05, 4.69) is 13.8 Å². The number of hydrogen-bond donors (Lipinski definition) is 1. The van der Waals surface area contributed by atoms with Crippen LogP contribution in [0.25, 0.3) is 0 Å². The van der Waals surface area contributed by atoms with Crippen molar-refractivity contribution in [2.45, 2.75) is 64.9 Å². The monoisotopic (exact) mass is 158 g/mol. The van der Waals surface area contributed by atoms with E-state index in [1.807, 2.05) is 0 Å². The molecule has 0 spiro atoms. The molecule has 0 amide bonds. The molecule has 1 atom stereocenters. The summed E-state index contributed by atoms with van der Waals surface area (Å²) >= 11 is 0. The van der Waals surface area contributed by atoms with E-state index in [-0.39, 0.29) is 6.10 Å². The molecule has 0 bridgehead atoms. The van der Waals surface area contributed by atoms with E-state index in [1.165, 1.54) is 25.7 Å². The van der Waals surface area contributed by atoms with Crippen LogP contribution in [0.1, 0.15) is 58.8 Å². The van der Waals surface area contributed by atoms with Crippen LogP contribution in [0, 0.1) is 0 Å². The minimum atomic E-state index is -0.0307. The maximum Gasteiger partial charge on any atom is 0.0540 e. The van der Waals surface area contributed by atoms with Gasteiger partial charge in [-0.15, -0.1) is 0 Å². The molecule has 0 aromatic rings. The Labute approximate surface area is 70.8 Å². The molecule has 1 nitrogen and oxygen atoms in total. The van der Waals surface area contributed by atoms with Gasteiger partial charge in [0.1, 0.15) is 0 Å².